The fourth-order valence-electron chi connectivity index (χ4n) is 3.01. The van der Waals surface area contributed by atoms with Crippen LogP contribution in [-0.4, -0.2) is 57.6 Å². The summed E-state index contributed by atoms with van der Waals surface area (Å²) >= 11 is 1.45. The number of thioether (sulfide) groups is 1. The van der Waals surface area contributed by atoms with Crippen molar-refractivity contribution < 1.29 is 9.18 Å². The van der Waals surface area contributed by atoms with Crippen molar-refractivity contribution in [2.24, 2.45) is 0 Å². The number of amides is 1. The van der Waals surface area contributed by atoms with E-state index in [0.717, 1.165) is 29.6 Å². The summed E-state index contributed by atoms with van der Waals surface area (Å²) in [5.74, 6) is 1.05. The molecule has 7 heteroatoms. The van der Waals surface area contributed by atoms with Gasteiger partial charge in [-0.15, -0.1) is 0 Å². The van der Waals surface area contributed by atoms with Gasteiger partial charge in [0.25, 0.3) is 0 Å². The highest BCUT2D eigenvalue weighted by atomic mass is 32.2. The molecule has 0 radical (unpaired) electrons. The molecule has 5 nitrogen and oxygen atoms in total. The van der Waals surface area contributed by atoms with Gasteiger partial charge in [0.2, 0.25) is 5.91 Å². The molecule has 1 aromatic heterocycles. The molecule has 0 atom stereocenters. The topological polar surface area (TPSA) is 49.3 Å². The van der Waals surface area contributed by atoms with Gasteiger partial charge in [0.1, 0.15) is 16.7 Å². The molecule has 1 saturated heterocycles. The number of carbonyl (C=O) groups excluding carboxylic acids is 1. The summed E-state index contributed by atoms with van der Waals surface area (Å²) in [6, 6.07) is 8.76. The zero-order chi connectivity index (χ0) is 18.5. The van der Waals surface area contributed by atoms with E-state index in [1.165, 1.54) is 17.8 Å². The second kappa shape index (κ2) is 8.60. The van der Waals surface area contributed by atoms with E-state index in [1.807, 2.05) is 36.9 Å². The number of benzene rings is 1. The fraction of sp³-hybridized carbons (Fsp3) is 0.421. The van der Waals surface area contributed by atoms with E-state index in [0.29, 0.717) is 31.0 Å². The lowest BCUT2D eigenvalue weighted by Crippen LogP contribution is -2.48. The summed E-state index contributed by atoms with van der Waals surface area (Å²) in [5.41, 5.74) is 1.62. The number of hydrogen-bond acceptors (Lipinski definition) is 5. The Labute approximate surface area is 157 Å². The van der Waals surface area contributed by atoms with E-state index < -0.39 is 0 Å². The highest BCUT2D eigenvalue weighted by Crippen LogP contribution is 2.18. The SMILES string of the molecule is Cc1cc(SCC(=O)N2CCN(Cc3ccccc3F)CC2)nc(C)n1. The zero-order valence-corrected chi connectivity index (χ0v) is 15.9. The van der Waals surface area contributed by atoms with Crippen LogP contribution in [-0.2, 0) is 11.3 Å². The van der Waals surface area contributed by atoms with Crippen LogP contribution in [0.3, 0.4) is 0 Å². The van der Waals surface area contributed by atoms with Crippen molar-refractivity contribution in [2.45, 2.75) is 25.4 Å². The molecule has 0 unspecified atom stereocenters. The molecule has 2 aromatic rings. The number of nitrogens with zero attached hydrogens (tertiary/aromatic N) is 4. The van der Waals surface area contributed by atoms with Crippen molar-refractivity contribution >= 4 is 17.7 Å². The van der Waals surface area contributed by atoms with E-state index in [4.69, 9.17) is 0 Å². The largest absolute Gasteiger partial charge is 0.339 e. The standard InChI is InChI=1S/C19H23FN4OS/c1-14-11-18(22-15(2)21-14)26-13-19(25)24-9-7-23(8-10-24)12-16-5-3-4-6-17(16)20/h3-6,11H,7-10,12-13H2,1-2H3. The Morgan fingerprint density at radius 2 is 1.88 bits per heavy atom. The normalized spacial score (nSPS) is 15.3. The number of aryl methyl sites for hydroxylation is 2. The molecule has 1 aliphatic rings. The third kappa shape index (κ3) is 5.02. The predicted molar refractivity (Wildman–Crippen MR) is 100 cm³/mol. The quantitative estimate of drug-likeness (QED) is 0.595. The highest BCUT2D eigenvalue weighted by Gasteiger charge is 2.21. The van der Waals surface area contributed by atoms with Crippen molar-refractivity contribution in [1.82, 2.24) is 19.8 Å². The van der Waals surface area contributed by atoms with Gasteiger partial charge in [0, 0.05) is 44.0 Å². The minimum absolute atomic E-state index is 0.120. The molecular formula is C19H23FN4OS. The lowest BCUT2D eigenvalue weighted by Gasteiger charge is -2.34. The monoisotopic (exact) mass is 374 g/mol. The maximum Gasteiger partial charge on any atom is 0.233 e. The number of rotatable bonds is 5. The van der Waals surface area contributed by atoms with Crippen molar-refractivity contribution in [3.63, 3.8) is 0 Å². The van der Waals surface area contributed by atoms with Crippen LogP contribution in [0.5, 0.6) is 0 Å². The average molecular weight is 374 g/mol. The van der Waals surface area contributed by atoms with E-state index in [-0.39, 0.29) is 11.7 Å². The summed E-state index contributed by atoms with van der Waals surface area (Å²) in [4.78, 5) is 25.1. The summed E-state index contributed by atoms with van der Waals surface area (Å²) in [6.07, 6.45) is 0. The van der Waals surface area contributed by atoms with Crippen LogP contribution in [0.1, 0.15) is 17.1 Å². The lowest BCUT2D eigenvalue weighted by molar-refractivity contribution is -0.130. The van der Waals surface area contributed by atoms with Crippen LogP contribution >= 0.6 is 11.8 Å². The van der Waals surface area contributed by atoms with Crippen LogP contribution < -0.4 is 0 Å². The Kier molecular flexibility index (Phi) is 6.21. The predicted octanol–water partition coefficient (Wildman–Crippen LogP) is 2.67. The Morgan fingerprint density at radius 1 is 1.15 bits per heavy atom. The molecule has 1 amide bonds. The Morgan fingerprint density at radius 3 is 2.58 bits per heavy atom. The second-order valence-corrected chi connectivity index (χ2v) is 7.43. The summed E-state index contributed by atoms with van der Waals surface area (Å²) in [5, 5.41) is 0.835. The number of hydrogen-bond donors (Lipinski definition) is 0. The minimum Gasteiger partial charge on any atom is -0.339 e. The van der Waals surface area contributed by atoms with Gasteiger partial charge in [-0.3, -0.25) is 9.69 Å². The molecule has 1 fully saturated rings. The third-order valence-corrected chi connectivity index (χ3v) is 5.26. The van der Waals surface area contributed by atoms with Crippen LogP contribution in [0.15, 0.2) is 35.4 Å². The maximum absolute atomic E-state index is 13.8. The van der Waals surface area contributed by atoms with Gasteiger partial charge in [0.05, 0.1) is 5.75 Å². The van der Waals surface area contributed by atoms with Crippen LogP contribution in [0, 0.1) is 19.7 Å². The van der Waals surface area contributed by atoms with E-state index >= 15 is 0 Å². The van der Waals surface area contributed by atoms with Gasteiger partial charge >= 0.3 is 0 Å². The molecule has 2 heterocycles. The van der Waals surface area contributed by atoms with Crippen LogP contribution in [0.25, 0.3) is 0 Å². The first-order chi connectivity index (χ1) is 12.5. The van der Waals surface area contributed by atoms with Crippen LogP contribution in [0.4, 0.5) is 4.39 Å². The summed E-state index contributed by atoms with van der Waals surface area (Å²) < 4.78 is 13.8. The van der Waals surface area contributed by atoms with Crippen molar-refractivity contribution in [2.75, 3.05) is 31.9 Å². The van der Waals surface area contributed by atoms with Gasteiger partial charge in [-0.05, 0) is 26.0 Å². The van der Waals surface area contributed by atoms with Gasteiger partial charge in [-0.1, -0.05) is 30.0 Å². The first-order valence-corrected chi connectivity index (χ1v) is 9.68. The van der Waals surface area contributed by atoms with Gasteiger partial charge in [-0.2, -0.15) is 0 Å². The number of carbonyl (C=O) groups is 1. The van der Waals surface area contributed by atoms with Crippen molar-refractivity contribution in [3.05, 3.63) is 53.2 Å². The molecule has 0 saturated carbocycles. The lowest BCUT2D eigenvalue weighted by atomic mass is 10.2. The van der Waals surface area contributed by atoms with Crippen LogP contribution in [0.2, 0.25) is 0 Å². The molecular weight excluding hydrogens is 351 g/mol. The molecule has 0 N–H and O–H groups in total. The Hall–Kier alpha value is -1.99. The molecule has 1 aliphatic heterocycles. The first kappa shape index (κ1) is 18.8. The molecule has 138 valence electrons. The smallest absolute Gasteiger partial charge is 0.233 e. The molecule has 26 heavy (non-hydrogen) atoms. The Bertz CT molecular complexity index is 758. The minimum atomic E-state index is -0.169. The van der Waals surface area contributed by atoms with Crippen molar-refractivity contribution in [1.29, 1.82) is 0 Å². The van der Waals surface area contributed by atoms with E-state index in [1.54, 1.807) is 6.07 Å². The average Bonchev–Trinajstić information content (AvgIpc) is 2.61. The highest BCUT2D eigenvalue weighted by molar-refractivity contribution is 7.99. The summed E-state index contributed by atoms with van der Waals surface area (Å²) in [7, 11) is 0. The first-order valence-electron chi connectivity index (χ1n) is 8.70. The van der Waals surface area contributed by atoms with Crippen molar-refractivity contribution in [3.8, 4) is 0 Å². The van der Waals surface area contributed by atoms with E-state index in [9.17, 15) is 9.18 Å². The Balaban J connectivity index is 1.47. The molecule has 0 bridgehead atoms. The third-order valence-electron chi connectivity index (χ3n) is 4.36. The zero-order valence-electron chi connectivity index (χ0n) is 15.1. The summed E-state index contributed by atoms with van der Waals surface area (Å²) in [6.45, 7) is 7.24. The second-order valence-electron chi connectivity index (χ2n) is 6.43. The molecule has 0 aliphatic carbocycles. The number of piperazine rings is 1. The van der Waals surface area contributed by atoms with Gasteiger partial charge in [0.15, 0.2) is 0 Å². The molecule has 3 rings (SSSR count). The fourth-order valence-corrected chi connectivity index (χ4v) is 3.91. The van der Waals surface area contributed by atoms with E-state index in [2.05, 4.69) is 14.9 Å². The number of halogens is 1. The maximum atomic E-state index is 13.8. The molecule has 1 aromatic carbocycles. The number of aromatic nitrogens is 2. The van der Waals surface area contributed by atoms with Gasteiger partial charge < -0.3 is 4.90 Å². The van der Waals surface area contributed by atoms with Gasteiger partial charge in [-0.25, -0.2) is 14.4 Å². The molecule has 0 spiro atoms.